The average Bonchev–Trinajstić information content (AvgIpc) is 3.02. The first-order valence-corrected chi connectivity index (χ1v) is 9.97. The number of aliphatic hydroxyl groups is 2. The van der Waals surface area contributed by atoms with E-state index in [1.807, 2.05) is 6.92 Å². The molecule has 1 fully saturated rings. The van der Waals surface area contributed by atoms with Gasteiger partial charge in [0.05, 0.1) is 38.0 Å². The van der Waals surface area contributed by atoms with E-state index < -0.39 is 17.7 Å². The molecule has 3 rings (SSSR count). The molecule has 0 unspecified atom stereocenters. The van der Waals surface area contributed by atoms with Crippen LogP contribution < -0.4 is 4.74 Å². The monoisotopic (exact) mass is 427 g/mol. The Morgan fingerprint density at radius 1 is 1.10 bits per heavy atom. The van der Waals surface area contributed by atoms with Crippen molar-refractivity contribution in [2.45, 2.75) is 13.0 Å². The molecule has 0 aliphatic carbocycles. The molecule has 8 heteroatoms. The first-order valence-electron chi connectivity index (χ1n) is 9.97. The Labute approximate surface area is 180 Å². The molecule has 2 aromatic rings. The van der Waals surface area contributed by atoms with E-state index in [0.717, 1.165) is 0 Å². The molecule has 1 aliphatic heterocycles. The van der Waals surface area contributed by atoms with Gasteiger partial charge >= 0.3 is 0 Å². The standard InChI is InChI=1S/C23H25NO7/c1-2-31-18-8-6-15(7-9-18)21(27)19-20(16-4-3-5-17(26)14-16)24(23(29)22(19)28)10-12-30-13-11-25/h3-9,14,20,25-27H,2,10-13H2,1H3/b21-19+/t20-/m0/s1. The predicted molar refractivity (Wildman–Crippen MR) is 113 cm³/mol. The van der Waals surface area contributed by atoms with Crippen LogP contribution in [-0.4, -0.2) is 64.9 Å². The van der Waals surface area contributed by atoms with E-state index in [1.165, 1.54) is 17.0 Å². The number of aromatic hydroxyl groups is 1. The number of carbonyl (C=O) groups is 2. The summed E-state index contributed by atoms with van der Waals surface area (Å²) in [6, 6.07) is 11.9. The number of aliphatic hydroxyl groups excluding tert-OH is 2. The lowest BCUT2D eigenvalue weighted by atomic mass is 9.95. The summed E-state index contributed by atoms with van der Waals surface area (Å²) in [7, 11) is 0. The zero-order chi connectivity index (χ0) is 22.4. The third-order valence-electron chi connectivity index (χ3n) is 4.88. The highest BCUT2D eigenvalue weighted by Gasteiger charge is 2.46. The highest BCUT2D eigenvalue weighted by atomic mass is 16.5. The fourth-order valence-electron chi connectivity index (χ4n) is 3.51. The van der Waals surface area contributed by atoms with Crippen LogP contribution in [-0.2, 0) is 14.3 Å². The molecule has 2 aromatic carbocycles. The van der Waals surface area contributed by atoms with Gasteiger partial charge in [0.15, 0.2) is 0 Å². The zero-order valence-corrected chi connectivity index (χ0v) is 17.2. The van der Waals surface area contributed by atoms with Crippen molar-refractivity contribution in [3.8, 4) is 11.5 Å². The first kappa shape index (κ1) is 22.3. The lowest BCUT2D eigenvalue weighted by Crippen LogP contribution is -2.33. The number of carbonyl (C=O) groups excluding carboxylic acids is 2. The molecular weight excluding hydrogens is 402 g/mol. The molecule has 31 heavy (non-hydrogen) atoms. The Balaban J connectivity index is 2.03. The number of amides is 1. The highest BCUT2D eigenvalue weighted by Crippen LogP contribution is 2.40. The van der Waals surface area contributed by atoms with Gasteiger partial charge in [-0.15, -0.1) is 0 Å². The maximum Gasteiger partial charge on any atom is 0.295 e. The van der Waals surface area contributed by atoms with E-state index in [4.69, 9.17) is 14.6 Å². The number of Topliss-reactive ketones (excluding diaryl/α,β-unsaturated/α-hetero) is 1. The Morgan fingerprint density at radius 2 is 1.84 bits per heavy atom. The maximum absolute atomic E-state index is 12.9. The quantitative estimate of drug-likeness (QED) is 0.243. The predicted octanol–water partition coefficient (Wildman–Crippen LogP) is 2.22. The van der Waals surface area contributed by atoms with Gasteiger partial charge in [0.2, 0.25) is 0 Å². The van der Waals surface area contributed by atoms with Crippen molar-refractivity contribution in [3.63, 3.8) is 0 Å². The molecule has 0 bridgehead atoms. The summed E-state index contributed by atoms with van der Waals surface area (Å²) in [5.74, 6) is -1.31. The summed E-state index contributed by atoms with van der Waals surface area (Å²) in [5, 5.41) is 29.8. The minimum absolute atomic E-state index is 0.0271. The second-order valence-corrected chi connectivity index (χ2v) is 6.88. The first-order chi connectivity index (χ1) is 15.0. The molecule has 3 N–H and O–H groups in total. The van der Waals surface area contributed by atoms with Crippen LogP contribution in [0.15, 0.2) is 54.1 Å². The Bertz CT molecular complexity index is 968. The van der Waals surface area contributed by atoms with Gasteiger partial charge in [0, 0.05) is 12.1 Å². The lowest BCUT2D eigenvalue weighted by molar-refractivity contribution is -0.140. The van der Waals surface area contributed by atoms with Crippen molar-refractivity contribution in [2.75, 3.05) is 33.0 Å². The van der Waals surface area contributed by atoms with Gasteiger partial charge in [-0.25, -0.2) is 0 Å². The number of ketones is 1. The summed E-state index contributed by atoms with van der Waals surface area (Å²) >= 11 is 0. The van der Waals surface area contributed by atoms with Crippen LogP contribution in [0.5, 0.6) is 11.5 Å². The van der Waals surface area contributed by atoms with Crippen molar-refractivity contribution in [1.82, 2.24) is 4.90 Å². The number of hydrogen-bond donors (Lipinski definition) is 3. The van der Waals surface area contributed by atoms with Gasteiger partial charge in [0.1, 0.15) is 17.3 Å². The molecular formula is C23H25NO7. The van der Waals surface area contributed by atoms with E-state index in [0.29, 0.717) is 23.5 Å². The van der Waals surface area contributed by atoms with Crippen LogP contribution in [0.4, 0.5) is 0 Å². The van der Waals surface area contributed by atoms with E-state index in [2.05, 4.69) is 0 Å². The molecule has 164 valence electrons. The minimum Gasteiger partial charge on any atom is -0.508 e. The summed E-state index contributed by atoms with van der Waals surface area (Å²) in [5.41, 5.74) is 0.777. The molecule has 8 nitrogen and oxygen atoms in total. The topological polar surface area (TPSA) is 117 Å². The van der Waals surface area contributed by atoms with Crippen LogP contribution in [0, 0.1) is 0 Å². The van der Waals surface area contributed by atoms with Gasteiger partial charge in [-0.2, -0.15) is 0 Å². The molecule has 0 saturated carbocycles. The normalized spacial score (nSPS) is 17.9. The Morgan fingerprint density at radius 3 is 2.48 bits per heavy atom. The number of rotatable bonds is 9. The number of nitrogens with zero attached hydrogens (tertiary/aromatic N) is 1. The third-order valence-corrected chi connectivity index (χ3v) is 4.88. The van der Waals surface area contributed by atoms with Crippen molar-refractivity contribution < 1.29 is 34.4 Å². The van der Waals surface area contributed by atoms with E-state index in [-0.39, 0.29) is 43.4 Å². The molecule has 1 heterocycles. The SMILES string of the molecule is CCOc1ccc(/C(O)=C2\C(=O)C(=O)N(CCOCCO)[C@H]2c2cccc(O)c2)cc1. The Kier molecular flexibility index (Phi) is 7.28. The molecule has 0 radical (unpaired) electrons. The minimum atomic E-state index is -0.892. The van der Waals surface area contributed by atoms with Crippen LogP contribution in [0.2, 0.25) is 0 Å². The fourth-order valence-corrected chi connectivity index (χ4v) is 3.51. The molecule has 1 amide bonds. The number of ether oxygens (including phenoxy) is 2. The van der Waals surface area contributed by atoms with E-state index >= 15 is 0 Å². The largest absolute Gasteiger partial charge is 0.508 e. The lowest BCUT2D eigenvalue weighted by Gasteiger charge is -2.25. The second-order valence-electron chi connectivity index (χ2n) is 6.88. The summed E-state index contributed by atoms with van der Waals surface area (Å²) in [6.07, 6.45) is 0. The number of likely N-dealkylation sites (tertiary alicyclic amines) is 1. The Hall–Kier alpha value is -3.36. The van der Waals surface area contributed by atoms with Gasteiger partial charge in [-0.3, -0.25) is 9.59 Å². The van der Waals surface area contributed by atoms with Crippen molar-refractivity contribution in [2.24, 2.45) is 0 Å². The van der Waals surface area contributed by atoms with E-state index in [1.54, 1.807) is 36.4 Å². The second kappa shape index (κ2) is 10.1. The van der Waals surface area contributed by atoms with Crippen LogP contribution >= 0.6 is 0 Å². The number of phenolic OH excluding ortho intramolecular Hbond substituents is 1. The van der Waals surface area contributed by atoms with Crippen LogP contribution in [0.1, 0.15) is 24.1 Å². The van der Waals surface area contributed by atoms with Crippen LogP contribution in [0.25, 0.3) is 5.76 Å². The summed E-state index contributed by atoms with van der Waals surface area (Å²) in [6.45, 7) is 2.47. The third kappa shape index (κ3) is 4.87. The molecule has 1 aliphatic rings. The maximum atomic E-state index is 12.9. The number of benzene rings is 2. The van der Waals surface area contributed by atoms with Crippen molar-refractivity contribution in [3.05, 3.63) is 65.2 Å². The zero-order valence-electron chi connectivity index (χ0n) is 17.2. The average molecular weight is 427 g/mol. The number of phenols is 1. The van der Waals surface area contributed by atoms with Gasteiger partial charge < -0.3 is 29.7 Å². The van der Waals surface area contributed by atoms with E-state index in [9.17, 15) is 19.8 Å². The van der Waals surface area contributed by atoms with Crippen molar-refractivity contribution in [1.29, 1.82) is 0 Å². The molecule has 0 aromatic heterocycles. The summed E-state index contributed by atoms with van der Waals surface area (Å²) in [4.78, 5) is 26.9. The fraction of sp³-hybridized carbons (Fsp3) is 0.304. The smallest absolute Gasteiger partial charge is 0.295 e. The van der Waals surface area contributed by atoms with Crippen molar-refractivity contribution >= 4 is 17.4 Å². The number of hydrogen-bond acceptors (Lipinski definition) is 7. The summed E-state index contributed by atoms with van der Waals surface area (Å²) < 4.78 is 10.7. The van der Waals surface area contributed by atoms with Gasteiger partial charge in [-0.1, -0.05) is 12.1 Å². The van der Waals surface area contributed by atoms with Gasteiger partial charge in [-0.05, 0) is 48.9 Å². The highest BCUT2D eigenvalue weighted by molar-refractivity contribution is 6.46. The van der Waals surface area contributed by atoms with Crippen LogP contribution in [0.3, 0.4) is 0 Å². The molecule has 1 saturated heterocycles. The molecule has 1 atom stereocenters. The van der Waals surface area contributed by atoms with Gasteiger partial charge in [0.25, 0.3) is 11.7 Å². The molecule has 0 spiro atoms.